The van der Waals surface area contributed by atoms with E-state index in [1.165, 1.54) is 0 Å². The summed E-state index contributed by atoms with van der Waals surface area (Å²) in [5.41, 5.74) is 0.433. The van der Waals surface area contributed by atoms with Gasteiger partial charge in [0.25, 0.3) is 0 Å². The second-order valence-electron chi connectivity index (χ2n) is 3.55. The van der Waals surface area contributed by atoms with E-state index in [-0.39, 0.29) is 18.3 Å². The summed E-state index contributed by atoms with van der Waals surface area (Å²) in [6.45, 7) is -0.0634. The first kappa shape index (κ1) is 11.8. The van der Waals surface area contributed by atoms with Gasteiger partial charge in [0, 0.05) is 0 Å². The number of carbonyl (C=O) groups is 2. The molecule has 1 aromatic rings. The van der Waals surface area contributed by atoms with Gasteiger partial charge in [0.1, 0.15) is 17.7 Å². The van der Waals surface area contributed by atoms with Crippen LogP contribution in [0.3, 0.4) is 0 Å². The van der Waals surface area contributed by atoms with Gasteiger partial charge in [0.2, 0.25) is 5.91 Å². The van der Waals surface area contributed by atoms with E-state index in [1.807, 2.05) is 0 Å². The first-order chi connectivity index (χ1) is 8.16. The molecule has 0 saturated carbocycles. The number of rotatable bonds is 3. The maximum absolute atomic E-state index is 11.6. The molecule has 17 heavy (non-hydrogen) atoms. The Balaban J connectivity index is 1.89. The summed E-state index contributed by atoms with van der Waals surface area (Å²) >= 11 is 0. The first-order valence-electron chi connectivity index (χ1n) is 5.05. The molecule has 5 nitrogen and oxygen atoms in total. The molecule has 1 aliphatic heterocycles. The number of amides is 1. The van der Waals surface area contributed by atoms with Crippen LogP contribution in [0.1, 0.15) is 10.4 Å². The van der Waals surface area contributed by atoms with E-state index < -0.39 is 22.1 Å². The predicted octanol–water partition coefficient (Wildman–Crippen LogP) is 0.0480. The maximum Gasteiger partial charge on any atom is 0.338 e. The smallest absolute Gasteiger partial charge is 0.338 e. The van der Waals surface area contributed by atoms with E-state index in [2.05, 4.69) is 5.32 Å². The predicted molar refractivity (Wildman–Crippen MR) is 61.7 cm³/mol. The maximum atomic E-state index is 11.6. The van der Waals surface area contributed by atoms with Gasteiger partial charge in [0.15, 0.2) is 0 Å². The number of nitrogens with one attached hydrogen (secondary N) is 1. The Labute approximate surface area is 101 Å². The van der Waals surface area contributed by atoms with E-state index in [0.717, 1.165) is 0 Å². The highest BCUT2D eigenvalue weighted by atomic mass is 32.2. The monoisotopic (exact) mass is 253 g/mol. The Morgan fingerprint density at radius 2 is 2.12 bits per heavy atom. The second-order valence-corrected chi connectivity index (χ2v) is 5.16. The van der Waals surface area contributed by atoms with Crippen molar-refractivity contribution in [3.8, 4) is 0 Å². The van der Waals surface area contributed by atoms with Crippen molar-refractivity contribution in [2.75, 3.05) is 12.4 Å². The molecule has 90 valence electrons. The van der Waals surface area contributed by atoms with Crippen LogP contribution in [-0.4, -0.2) is 33.8 Å². The Bertz CT molecular complexity index is 460. The molecule has 2 atom stereocenters. The lowest BCUT2D eigenvalue weighted by atomic mass is 10.2. The molecular formula is C11H11NO4S. The van der Waals surface area contributed by atoms with Crippen LogP contribution in [0, 0.1) is 0 Å². The minimum Gasteiger partial charge on any atom is -0.459 e. The number of ether oxygens (including phenoxy) is 1. The molecule has 6 heteroatoms. The van der Waals surface area contributed by atoms with Crippen molar-refractivity contribution in [3.05, 3.63) is 35.9 Å². The number of hydrogen-bond donors (Lipinski definition) is 1. The fraction of sp³-hybridized carbons (Fsp3) is 0.273. The number of carbonyl (C=O) groups excluding carboxylic acids is 2. The highest BCUT2D eigenvalue weighted by Gasteiger charge is 2.29. The van der Waals surface area contributed by atoms with Gasteiger partial charge in [0.05, 0.1) is 16.4 Å². The average Bonchev–Trinajstić information content (AvgIpc) is 2.66. The van der Waals surface area contributed by atoms with Crippen LogP contribution >= 0.6 is 0 Å². The van der Waals surface area contributed by atoms with Crippen molar-refractivity contribution in [2.24, 2.45) is 0 Å². The molecule has 1 aliphatic rings. The van der Waals surface area contributed by atoms with Crippen LogP contribution in [0.25, 0.3) is 0 Å². The summed E-state index contributed by atoms with van der Waals surface area (Å²) in [7, 11) is -1.30. The van der Waals surface area contributed by atoms with E-state index >= 15 is 0 Å². The molecule has 1 amide bonds. The minimum absolute atomic E-state index is 0.0203. The third-order valence-corrected chi connectivity index (χ3v) is 3.72. The van der Waals surface area contributed by atoms with Gasteiger partial charge in [-0.2, -0.15) is 0 Å². The van der Waals surface area contributed by atoms with Crippen molar-refractivity contribution in [1.29, 1.82) is 0 Å². The number of hydrogen-bond acceptors (Lipinski definition) is 4. The third-order valence-electron chi connectivity index (χ3n) is 2.29. The van der Waals surface area contributed by atoms with Crippen molar-refractivity contribution in [2.45, 2.75) is 5.37 Å². The first-order valence-corrected chi connectivity index (χ1v) is 6.44. The van der Waals surface area contributed by atoms with Gasteiger partial charge in [-0.15, -0.1) is 0 Å². The molecule has 2 rings (SSSR count). The number of benzene rings is 1. The molecule has 0 aliphatic carbocycles. The molecule has 0 spiro atoms. The van der Waals surface area contributed by atoms with Gasteiger partial charge < -0.3 is 10.1 Å². The minimum atomic E-state index is -1.30. The summed E-state index contributed by atoms with van der Waals surface area (Å²) in [6, 6.07) is 8.51. The Morgan fingerprint density at radius 1 is 1.41 bits per heavy atom. The Morgan fingerprint density at radius 3 is 2.71 bits per heavy atom. The van der Waals surface area contributed by atoms with Crippen molar-refractivity contribution < 1.29 is 18.5 Å². The van der Waals surface area contributed by atoms with Crippen LogP contribution in [0.5, 0.6) is 0 Å². The summed E-state index contributed by atoms with van der Waals surface area (Å²) in [5.74, 6) is -0.777. The van der Waals surface area contributed by atoms with E-state index in [4.69, 9.17) is 4.74 Å². The summed E-state index contributed by atoms with van der Waals surface area (Å²) in [4.78, 5) is 22.5. The summed E-state index contributed by atoms with van der Waals surface area (Å²) in [6.07, 6.45) is 0. The number of esters is 1. The van der Waals surface area contributed by atoms with Crippen LogP contribution in [-0.2, 0) is 20.3 Å². The largest absolute Gasteiger partial charge is 0.459 e. The van der Waals surface area contributed by atoms with Gasteiger partial charge in [-0.05, 0) is 12.1 Å². The van der Waals surface area contributed by atoms with Crippen LogP contribution in [0.4, 0.5) is 0 Å². The zero-order valence-corrected chi connectivity index (χ0v) is 9.74. The molecule has 0 aromatic heterocycles. The molecule has 2 unspecified atom stereocenters. The average molecular weight is 253 g/mol. The fourth-order valence-electron chi connectivity index (χ4n) is 1.44. The van der Waals surface area contributed by atoms with Gasteiger partial charge >= 0.3 is 5.97 Å². The van der Waals surface area contributed by atoms with E-state index in [9.17, 15) is 13.8 Å². The topological polar surface area (TPSA) is 72.5 Å². The lowest BCUT2D eigenvalue weighted by Crippen LogP contribution is -2.32. The molecule has 1 heterocycles. The zero-order valence-electron chi connectivity index (χ0n) is 8.92. The quantitative estimate of drug-likeness (QED) is 0.772. The molecular weight excluding hydrogens is 242 g/mol. The Kier molecular flexibility index (Phi) is 3.53. The highest BCUT2D eigenvalue weighted by Crippen LogP contribution is 2.06. The van der Waals surface area contributed by atoms with Crippen molar-refractivity contribution in [3.63, 3.8) is 0 Å². The van der Waals surface area contributed by atoms with Crippen LogP contribution in [0.2, 0.25) is 0 Å². The summed E-state index contributed by atoms with van der Waals surface area (Å²) in [5, 5.41) is 1.91. The van der Waals surface area contributed by atoms with Crippen molar-refractivity contribution in [1.82, 2.24) is 5.32 Å². The molecule has 1 fully saturated rings. The zero-order chi connectivity index (χ0) is 12.3. The van der Waals surface area contributed by atoms with Gasteiger partial charge in [-0.1, -0.05) is 18.2 Å². The lowest BCUT2D eigenvalue weighted by molar-refractivity contribution is -0.118. The Hall–Kier alpha value is -1.69. The summed E-state index contributed by atoms with van der Waals surface area (Å²) < 4.78 is 16.4. The molecule has 0 radical (unpaired) electrons. The molecule has 0 bridgehead atoms. The van der Waals surface area contributed by atoms with Gasteiger partial charge in [-0.25, -0.2) is 4.79 Å². The van der Waals surface area contributed by atoms with Gasteiger partial charge in [-0.3, -0.25) is 9.00 Å². The normalized spacial score (nSPS) is 23.2. The molecule has 1 N–H and O–H groups in total. The van der Waals surface area contributed by atoms with E-state index in [1.54, 1.807) is 30.3 Å². The second kappa shape index (κ2) is 5.09. The SMILES string of the molecule is O=C1CS(=O)C(COC(=O)c2ccccc2)N1. The fourth-order valence-corrected chi connectivity index (χ4v) is 2.47. The third kappa shape index (κ3) is 2.91. The highest BCUT2D eigenvalue weighted by molar-refractivity contribution is 7.86. The standard InChI is InChI=1S/C11H11NO4S/c13-9-7-17(15)10(12-9)6-16-11(14)8-4-2-1-3-5-8/h1-5,10H,6-7H2,(H,12,13). The lowest BCUT2D eigenvalue weighted by Gasteiger charge is -2.09. The van der Waals surface area contributed by atoms with E-state index in [0.29, 0.717) is 5.56 Å². The molecule has 1 aromatic carbocycles. The molecule has 1 saturated heterocycles. The van der Waals surface area contributed by atoms with Crippen LogP contribution in [0.15, 0.2) is 30.3 Å². The van der Waals surface area contributed by atoms with Crippen molar-refractivity contribution >= 4 is 22.7 Å². The van der Waals surface area contributed by atoms with Crippen LogP contribution < -0.4 is 5.32 Å².